The molecular weight excluding hydrogens is 386 g/mol. The molecule has 0 aliphatic heterocycles. The Morgan fingerprint density at radius 2 is 1.94 bits per heavy atom. The molecule has 0 aromatic heterocycles. The molecule has 1 rings (SSSR count). The largest absolute Gasteiger partial charge is 0.292 e. The number of carbonyl (C=O) groups excluding carboxylic acids is 1. The molecule has 3 nitrogen and oxygen atoms in total. The van der Waals surface area contributed by atoms with E-state index in [1.54, 1.807) is 22.6 Å². The number of ketones is 1. The third kappa shape index (κ3) is 3.32. The van der Waals surface area contributed by atoms with Crippen LogP contribution in [0.4, 0.5) is 0 Å². The lowest BCUT2D eigenvalue weighted by Gasteiger charge is -2.08. The SMILES string of the molecule is CS(=O)(=O)C(I)C(=O)c1ccc(Cl)cc1Cl. The van der Waals surface area contributed by atoms with Crippen molar-refractivity contribution in [3.05, 3.63) is 33.8 Å². The highest BCUT2D eigenvalue weighted by atomic mass is 127. The van der Waals surface area contributed by atoms with Gasteiger partial charge in [0.05, 0.1) is 5.02 Å². The molecule has 1 aromatic rings. The zero-order valence-electron chi connectivity index (χ0n) is 8.08. The molecule has 0 bridgehead atoms. The third-order valence-electron chi connectivity index (χ3n) is 1.78. The first-order valence-electron chi connectivity index (χ1n) is 4.05. The number of carbonyl (C=O) groups is 1. The molecule has 0 saturated heterocycles. The van der Waals surface area contributed by atoms with E-state index in [1.165, 1.54) is 18.2 Å². The lowest BCUT2D eigenvalue weighted by Crippen LogP contribution is -2.23. The molecule has 16 heavy (non-hydrogen) atoms. The van der Waals surface area contributed by atoms with Crippen LogP contribution in [-0.2, 0) is 9.84 Å². The number of hydrogen-bond acceptors (Lipinski definition) is 3. The van der Waals surface area contributed by atoms with Gasteiger partial charge in [0.15, 0.2) is 18.9 Å². The van der Waals surface area contributed by atoms with E-state index in [1.807, 2.05) is 0 Å². The van der Waals surface area contributed by atoms with Gasteiger partial charge in [-0.25, -0.2) is 8.42 Å². The number of rotatable bonds is 3. The summed E-state index contributed by atoms with van der Waals surface area (Å²) in [5.41, 5.74) is 0.163. The van der Waals surface area contributed by atoms with E-state index in [-0.39, 0.29) is 10.6 Å². The Balaban J connectivity index is 3.16. The first-order chi connectivity index (χ1) is 7.23. The predicted molar refractivity (Wildman–Crippen MR) is 73.4 cm³/mol. The second-order valence-corrected chi connectivity index (χ2v) is 8.20. The second kappa shape index (κ2) is 5.20. The van der Waals surface area contributed by atoms with Crippen molar-refractivity contribution in [1.29, 1.82) is 0 Å². The van der Waals surface area contributed by atoms with Gasteiger partial charge in [0.25, 0.3) is 0 Å². The van der Waals surface area contributed by atoms with Crippen molar-refractivity contribution in [2.24, 2.45) is 0 Å². The fraction of sp³-hybridized carbons (Fsp3) is 0.222. The first-order valence-corrected chi connectivity index (χ1v) is 8.01. The highest BCUT2D eigenvalue weighted by molar-refractivity contribution is 14.1. The monoisotopic (exact) mass is 392 g/mol. The average Bonchev–Trinajstić information content (AvgIpc) is 2.14. The van der Waals surface area contributed by atoms with Crippen molar-refractivity contribution < 1.29 is 13.2 Å². The molecule has 88 valence electrons. The molecule has 0 aliphatic carbocycles. The number of halogens is 3. The van der Waals surface area contributed by atoms with Gasteiger partial charge in [-0.05, 0) is 18.2 Å². The fourth-order valence-corrected chi connectivity index (χ4v) is 2.36. The summed E-state index contributed by atoms with van der Waals surface area (Å²) in [6.45, 7) is 0. The van der Waals surface area contributed by atoms with Gasteiger partial charge < -0.3 is 0 Å². The van der Waals surface area contributed by atoms with Crippen LogP contribution in [0.3, 0.4) is 0 Å². The van der Waals surface area contributed by atoms with E-state index in [0.29, 0.717) is 5.02 Å². The fourth-order valence-electron chi connectivity index (χ4n) is 1.01. The standard InChI is InChI=1S/C9H7Cl2IO3S/c1-16(14,15)9(12)8(13)6-3-2-5(10)4-7(6)11/h2-4,9H,1H3. The molecule has 0 saturated carbocycles. The molecule has 1 unspecified atom stereocenters. The lowest BCUT2D eigenvalue weighted by atomic mass is 10.1. The maximum Gasteiger partial charge on any atom is 0.192 e. The minimum absolute atomic E-state index is 0.155. The quantitative estimate of drug-likeness (QED) is 0.451. The van der Waals surface area contributed by atoms with Crippen molar-refractivity contribution in [3.8, 4) is 0 Å². The van der Waals surface area contributed by atoms with Crippen LogP contribution in [0.2, 0.25) is 10.0 Å². The topological polar surface area (TPSA) is 51.2 Å². The molecule has 0 amide bonds. The van der Waals surface area contributed by atoms with Crippen LogP contribution in [0.5, 0.6) is 0 Å². The molecule has 1 aromatic carbocycles. The van der Waals surface area contributed by atoms with Gasteiger partial charge in [-0.1, -0.05) is 45.8 Å². The van der Waals surface area contributed by atoms with Crippen LogP contribution in [0.15, 0.2) is 18.2 Å². The zero-order chi connectivity index (χ0) is 12.5. The number of hydrogen-bond donors (Lipinski definition) is 0. The number of alkyl halides is 1. The van der Waals surface area contributed by atoms with E-state index < -0.39 is 18.9 Å². The van der Waals surface area contributed by atoms with E-state index in [0.717, 1.165) is 6.26 Å². The van der Waals surface area contributed by atoms with Crippen molar-refractivity contribution in [3.63, 3.8) is 0 Å². The van der Waals surface area contributed by atoms with Gasteiger partial charge in [0.2, 0.25) is 0 Å². The highest BCUT2D eigenvalue weighted by Crippen LogP contribution is 2.25. The normalized spacial score (nSPS) is 13.5. The van der Waals surface area contributed by atoms with E-state index >= 15 is 0 Å². The summed E-state index contributed by atoms with van der Waals surface area (Å²) in [5.74, 6) is -0.537. The third-order valence-corrected chi connectivity index (χ3v) is 6.63. The zero-order valence-corrected chi connectivity index (χ0v) is 12.6. The molecule has 0 spiro atoms. The summed E-state index contributed by atoms with van der Waals surface area (Å²) in [5, 5.41) is 0.550. The van der Waals surface area contributed by atoms with Gasteiger partial charge in [0.1, 0.15) is 0 Å². The van der Waals surface area contributed by atoms with Crippen LogP contribution in [-0.4, -0.2) is 23.7 Å². The Morgan fingerprint density at radius 3 is 2.38 bits per heavy atom. The van der Waals surface area contributed by atoms with Crippen LogP contribution < -0.4 is 0 Å². The molecule has 0 N–H and O–H groups in total. The Labute approximate surface area is 117 Å². The summed E-state index contributed by atoms with van der Waals surface area (Å²) in [4.78, 5) is 11.8. The molecule has 1 atom stereocenters. The summed E-state index contributed by atoms with van der Waals surface area (Å²) in [6, 6.07) is 4.32. The van der Waals surface area contributed by atoms with Crippen LogP contribution in [0.25, 0.3) is 0 Å². The molecular formula is C9H7Cl2IO3S. The number of Topliss-reactive ketones (excluding diaryl/α,β-unsaturated/α-hetero) is 1. The van der Waals surface area contributed by atoms with E-state index in [2.05, 4.69) is 0 Å². The van der Waals surface area contributed by atoms with Crippen molar-refractivity contribution in [2.75, 3.05) is 6.26 Å². The van der Waals surface area contributed by atoms with Crippen LogP contribution in [0, 0.1) is 0 Å². The summed E-state index contributed by atoms with van der Waals surface area (Å²) >= 11 is 13.1. The van der Waals surface area contributed by atoms with Crippen molar-refractivity contribution >= 4 is 61.4 Å². The first kappa shape index (κ1) is 14.2. The second-order valence-electron chi connectivity index (χ2n) is 3.13. The van der Waals surface area contributed by atoms with Gasteiger partial charge in [-0.3, -0.25) is 4.79 Å². The molecule has 0 aliphatic rings. The van der Waals surface area contributed by atoms with Gasteiger partial charge in [0, 0.05) is 16.8 Å². The van der Waals surface area contributed by atoms with Gasteiger partial charge in [-0.2, -0.15) is 0 Å². The Morgan fingerprint density at radius 1 is 1.38 bits per heavy atom. The minimum Gasteiger partial charge on any atom is -0.292 e. The minimum atomic E-state index is -3.43. The van der Waals surface area contributed by atoms with Crippen molar-refractivity contribution in [2.45, 2.75) is 3.26 Å². The van der Waals surface area contributed by atoms with Gasteiger partial charge >= 0.3 is 0 Å². The van der Waals surface area contributed by atoms with Crippen LogP contribution in [0.1, 0.15) is 10.4 Å². The number of benzene rings is 1. The van der Waals surface area contributed by atoms with Crippen molar-refractivity contribution in [1.82, 2.24) is 0 Å². The Kier molecular flexibility index (Phi) is 4.62. The predicted octanol–water partition coefficient (Wildman–Crippen LogP) is 2.98. The van der Waals surface area contributed by atoms with E-state index in [4.69, 9.17) is 23.2 Å². The summed E-state index contributed by atoms with van der Waals surface area (Å²) in [6.07, 6.45) is 1.01. The van der Waals surface area contributed by atoms with Crippen LogP contribution >= 0.6 is 45.8 Å². The average molecular weight is 393 g/mol. The molecule has 0 radical (unpaired) electrons. The molecule has 7 heteroatoms. The highest BCUT2D eigenvalue weighted by Gasteiger charge is 2.27. The van der Waals surface area contributed by atoms with E-state index in [9.17, 15) is 13.2 Å². The van der Waals surface area contributed by atoms with Gasteiger partial charge in [-0.15, -0.1) is 0 Å². The Bertz CT molecular complexity index is 528. The maximum absolute atomic E-state index is 11.8. The lowest BCUT2D eigenvalue weighted by molar-refractivity contribution is 0.101. The molecule has 0 heterocycles. The maximum atomic E-state index is 11.8. The summed E-state index contributed by atoms with van der Waals surface area (Å²) < 4.78 is 21.3. The Hall–Kier alpha value is 0.150. The number of sulfone groups is 1. The molecule has 0 fully saturated rings. The summed E-state index contributed by atoms with van der Waals surface area (Å²) in [7, 11) is -3.43. The smallest absolute Gasteiger partial charge is 0.192 e.